The number of benzene rings is 3. The SMILES string of the molecule is CCN1/C(=C2/SC(=Nc3cc(Cl)ccc3OC)N(c3ccc(O)cc3)C2=O)Sc2ccc(OC)cc21. The molecular formula is C26H22ClN3O4S2. The fraction of sp³-hybridized carbons (Fsp3) is 0.154. The molecule has 10 heteroatoms. The fourth-order valence-electron chi connectivity index (χ4n) is 3.93. The van der Waals surface area contributed by atoms with Gasteiger partial charge in [0.25, 0.3) is 5.91 Å². The first-order valence-electron chi connectivity index (χ1n) is 11.0. The van der Waals surface area contributed by atoms with Gasteiger partial charge in [0.05, 0.1) is 25.6 Å². The largest absolute Gasteiger partial charge is 0.508 e. The van der Waals surface area contributed by atoms with Crippen molar-refractivity contribution in [1.29, 1.82) is 0 Å². The second-order valence-corrected chi connectivity index (χ2v) is 10.2. The summed E-state index contributed by atoms with van der Waals surface area (Å²) in [5, 5.41) is 11.6. The number of ether oxygens (including phenoxy) is 2. The van der Waals surface area contributed by atoms with Crippen molar-refractivity contribution in [3.63, 3.8) is 0 Å². The predicted molar refractivity (Wildman–Crippen MR) is 147 cm³/mol. The van der Waals surface area contributed by atoms with Gasteiger partial charge in [-0.15, -0.1) is 0 Å². The molecule has 7 nitrogen and oxygen atoms in total. The number of hydrogen-bond donors (Lipinski definition) is 1. The summed E-state index contributed by atoms with van der Waals surface area (Å²) in [4.78, 5) is 24.0. The second kappa shape index (κ2) is 10.0. The highest BCUT2D eigenvalue weighted by Crippen LogP contribution is 2.52. The highest BCUT2D eigenvalue weighted by atomic mass is 35.5. The number of nitrogens with zero attached hydrogens (tertiary/aromatic N) is 3. The molecule has 1 N–H and O–H groups in total. The number of aromatic hydroxyl groups is 1. The monoisotopic (exact) mass is 539 g/mol. The Hall–Kier alpha value is -3.27. The Morgan fingerprint density at radius 1 is 1.00 bits per heavy atom. The van der Waals surface area contributed by atoms with E-state index in [9.17, 15) is 9.90 Å². The van der Waals surface area contributed by atoms with E-state index in [1.54, 1.807) is 73.3 Å². The van der Waals surface area contributed by atoms with Gasteiger partial charge < -0.3 is 19.5 Å². The van der Waals surface area contributed by atoms with Crippen molar-refractivity contribution in [2.45, 2.75) is 11.8 Å². The zero-order chi connectivity index (χ0) is 25.4. The van der Waals surface area contributed by atoms with Crippen LogP contribution in [0.25, 0.3) is 0 Å². The Balaban J connectivity index is 1.64. The van der Waals surface area contributed by atoms with Gasteiger partial charge in [0.15, 0.2) is 5.17 Å². The molecule has 0 saturated carbocycles. The fourth-order valence-corrected chi connectivity index (χ4v) is 6.47. The van der Waals surface area contributed by atoms with Gasteiger partial charge in [-0.05, 0) is 73.3 Å². The lowest BCUT2D eigenvalue weighted by molar-refractivity contribution is -0.113. The number of rotatable bonds is 5. The molecular weight excluding hydrogens is 518 g/mol. The van der Waals surface area contributed by atoms with Crippen LogP contribution in [0.3, 0.4) is 0 Å². The molecule has 0 spiro atoms. The first-order chi connectivity index (χ1) is 17.4. The maximum atomic E-state index is 13.9. The van der Waals surface area contributed by atoms with Crippen LogP contribution in [0.2, 0.25) is 5.02 Å². The van der Waals surface area contributed by atoms with E-state index in [2.05, 4.69) is 4.90 Å². The first kappa shape index (κ1) is 24.4. The summed E-state index contributed by atoms with van der Waals surface area (Å²) in [6, 6.07) is 17.5. The van der Waals surface area contributed by atoms with Crippen molar-refractivity contribution < 1.29 is 19.4 Å². The van der Waals surface area contributed by atoms with E-state index in [4.69, 9.17) is 26.1 Å². The molecule has 1 saturated heterocycles. The van der Waals surface area contributed by atoms with Crippen LogP contribution < -0.4 is 19.3 Å². The van der Waals surface area contributed by atoms with Crippen molar-refractivity contribution in [2.24, 2.45) is 4.99 Å². The van der Waals surface area contributed by atoms with Gasteiger partial charge in [-0.1, -0.05) is 23.4 Å². The summed E-state index contributed by atoms with van der Waals surface area (Å²) in [5.41, 5.74) is 2.09. The predicted octanol–water partition coefficient (Wildman–Crippen LogP) is 6.63. The summed E-state index contributed by atoms with van der Waals surface area (Å²) < 4.78 is 10.9. The van der Waals surface area contributed by atoms with Crippen LogP contribution in [0.15, 0.2) is 80.5 Å². The Bertz CT molecular complexity index is 1410. The van der Waals surface area contributed by atoms with E-state index in [1.807, 2.05) is 25.1 Å². The number of aliphatic imine (C=N–C) groups is 1. The molecule has 0 unspecified atom stereocenters. The minimum Gasteiger partial charge on any atom is -0.508 e. The molecule has 1 fully saturated rings. The van der Waals surface area contributed by atoms with Gasteiger partial charge in [0, 0.05) is 22.5 Å². The number of phenolic OH excluding ortho intramolecular Hbond substituents is 1. The Morgan fingerprint density at radius 2 is 1.78 bits per heavy atom. The zero-order valence-electron chi connectivity index (χ0n) is 19.7. The molecule has 0 aliphatic carbocycles. The van der Waals surface area contributed by atoms with E-state index >= 15 is 0 Å². The smallest absolute Gasteiger partial charge is 0.274 e. The lowest BCUT2D eigenvalue weighted by Crippen LogP contribution is -2.29. The molecule has 1 amide bonds. The molecule has 3 aromatic carbocycles. The molecule has 5 rings (SSSR count). The van der Waals surface area contributed by atoms with Gasteiger partial charge in [-0.3, -0.25) is 9.69 Å². The summed E-state index contributed by atoms with van der Waals surface area (Å²) in [6.45, 7) is 2.72. The van der Waals surface area contributed by atoms with Crippen molar-refractivity contribution >= 4 is 63.3 Å². The zero-order valence-corrected chi connectivity index (χ0v) is 22.1. The molecule has 0 aromatic heterocycles. The highest BCUT2D eigenvalue weighted by Gasteiger charge is 2.40. The summed E-state index contributed by atoms with van der Waals surface area (Å²) in [6.07, 6.45) is 0. The molecule has 2 aliphatic rings. The molecule has 0 atom stereocenters. The van der Waals surface area contributed by atoms with Crippen LogP contribution in [0.1, 0.15) is 6.92 Å². The summed E-state index contributed by atoms with van der Waals surface area (Å²) >= 11 is 9.08. The second-order valence-electron chi connectivity index (χ2n) is 7.78. The van der Waals surface area contributed by atoms with E-state index in [0.29, 0.717) is 38.8 Å². The number of methoxy groups -OCH3 is 2. The normalized spacial score (nSPS) is 18.2. The van der Waals surface area contributed by atoms with Gasteiger partial charge in [0.1, 0.15) is 32.9 Å². The Morgan fingerprint density at radius 3 is 2.47 bits per heavy atom. The van der Waals surface area contributed by atoms with Crippen molar-refractivity contribution in [3.8, 4) is 17.2 Å². The molecule has 0 radical (unpaired) electrons. The topological polar surface area (TPSA) is 74.6 Å². The maximum absolute atomic E-state index is 13.9. The molecule has 2 aliphatic heterocycles. The summed E-state index contributed by atoms with van der Waals surface area (Å²) in [7, 11) is 3.20. The average molecular weight is 540 g/mol. The van der Waals surface area contributed by atoms with Crippen LogP contribution in [-0.4, -0.2) is 36.9 Å². The van der Waals surface area contributed by atoms with Crippen molar-refractivity contribution in [2.75, 3.05) is 30.6 Å². The lowest BCUT2D eigenvalue weighted by Gasteiger charge is -2.19. The maximum Gasteiger partial charge on any atom is 0.274 e. The lowest BCUT2D eigenvalue weighted by atomic mass is 10.2. The summed E-state index contributed by atoms with van der Waals surface area (Å²) in [5.74, 6) is 1.20. The minimum atomic E-state index is -0.203. The van der Waals surface area contributed by atoms with Crippen molar-refractivity contribution in [1.82, 2.24) is 0 Å². The standard InChI is InChI=1S/C26H22ClN3O4S2/c1-4-29-20-14-18(33-2)10-12-22(20)35-25(29)23-24(32)30(16-6-8-17(31)9-7-16)26(36-23)28-19-13-15(27)5-11-21(19)34-3/h5-14,31H,4H2,1-3H3/b25-23-,28-26?. The number of carbonyl (C=O) groups is 1. The molecule has 184 valence electrons. The molecule has 3 aromatic rings. The Labute approximate surface area is 222 Å². The highest BCUT2D eigenvalue weighted by molar-refractivity contribution is 8.20. The third-order valence-electron chi connectivity index (χ3n) is 5.67. The van der Waals surface area contributed by atoms with Crippen molar-refractivity contribution in [3.05, 3.63) is 75.6 Å². The number of fused-ring (bicyclic) bond motifs is 1. The van der Waals surface area contributed by atoms with Gasteiger partial charge >= 0.3 is 0 Å². The minimum absolute atomic E-state index is 0.111. The van der Waals surface area contributed by atoms with Crippen LogP contribution in [0.5, 0.6) is 17.2 Å². The van der Waals surface area contributed by atoms with E-state index < -0.39 is 0 Å². The number of amides is 1. The number of halogens is 1. The van der Waals surface area contributed by atoms with Gasteiger partial charge in [-0.25, -0.2) is 4.99 Å². The van der Waals surface area contributed by atoms with Crippen LogP contribution in [0, 0.1) is 0 Å². The van der Waals surface area contributed by atoms with Crippen LogP contribution >= 0.6 is 35.1 Å². The molecule has 36 heavy (non-hydrogen) atoms. The van der Waals surface area contributed by atoms with Gasteiger partial charge in [0.2, 0.25) is 0 Å². The van der Waals surface area contributed by atoms with E-state index in [0.717, 1.165) is 21.4 Å². The van der Waals surface area contributed by atoms with Crippen LogP contribution in [-0.2, 0) is 4.79 Å². The number of phenols is 1. The first-order valence-corrected chi connectivity index (χ1v) is 13.1. The van der Waals surface area contributed by atoms with E-state index in [1.165, 1.54) is 11.8 Å². The number of hydrogen-bond acceptors (Lipinski definition) is 8. The van der Waals surface area contributed by atoms with Gasteiger partial charge in [-0.2, -0.15) is 0 Å². The average Bonchev–Trinajstić information content (AvgIpc) is 3.40. The third kappa shape index (κ3) is 4.38. The van der Waals surface area contributed by atoms with Crippen LogP contribution in [0.4, 0.5) is 17.1 Å². The number of amidine groups is 1. The number of carbonyl (C=O) groups excluding carboxylic acids is 1. The Kier molecular flexibility index (Phi) is 6.79. The molecule has 0 bridgehead atoms. The number of thioether (sulfide) groups is 2. The van der Waals surface area contributed by atoms with E-state index in [-0.39, 0.29) is 11.7 Å². The number of anilines is 2. The quantitative estimate of drug-likeness (QED) is 0.365. The third-order valence-corrected chi connectivity index (χ3v) is 8.24. The molecule has 2 heterocycles.